The second-order valence-electron chi connectivity index (χ2n) is 5.21. The number of hydrogen-bond acceptors (Lipinski definition) is 3. The Bertz CT molecular complexity index is 700. The molecule has 21 heavy (non-hydrogen) atoms. The number of rotatable bonds is 3. The summed E-state index contributed by atoms with van der Waals surface area (Å²) in [6.07, 6.45) is 0. The number of carbonyl (C=O) groups is 1. The molecule has 0 saturated carbocycles. The molecule has 5 heteroatoms. The minimum absolute atomic E-state index is 0.0547. The van der Waals surface area contributed by atoms with Crippen LogP contribution in [0.15, 0.2) is 42.5 Å². The highest BCUT2D eigenvalue weighted by Crippen LogP contribution is 2.36. The SMILES string of the molecule is CN(C)c1ccc(Cl)cc1NC1C(=O)Nc2ccccc21. The van der Waals surface area contributed by atoms with Gasteiger partial charge in [0.05, 0.1) is 11.4 Å². The molecule has 1 atom stereocenters. The van der Waals surface area contributed by atoms with E-state index >= 15 is 0 Å². The predicted octanol–water partition coefficient (Wildman–Crippen LogP) is 3.51. The largest absolute Gasteiger partial charge is 0.376 e. The number of benzene rings is 2. The number of para-hydroxylation sites is 1. The summed E-state index contributed by atoms with van der Waals surface area (Å²) in [5.74, 6) is -0.0547. The number of fused-ring (bicyclic) bond motifs is 1. The molecule has 0 fully saturated rings. The summed E-state index contributed by atoms with van der Waals surface area (Å²) in [5.41, 5.74) is 3.63. The third kappa shape index (κ3) is 2.54. The molecule has 0 bridgehead atoms. The quantitative estimate of drug-likeness (QED) is 0.912. The van der Waals surface area contributed by atoms with Crippen LogP contribution < -0.4 is 15.5 Å². The molecule has 1 aliphatic rings. The van der Waals surface area contributed by atoms with Crippen LogP contribution in [0.3, 0.4) is 0 Å². The lowest BCUT2D eigenvalue weighted by Crippen LogP contribution is -2.21. The summed E-state index contributed by atoms with van der Waals surface area (Å²) in [6.45, 7) is 0. The molecule has 108 valence electrons. The Morgan fingerprint density at radius 1 is 1.19 bits per heavy atom. The molecule has 0 radical (unpaired) electrons. The molecule has 1 unspecified atom stereocenters. The van der Waals surface area contributed by atoms with Crippen molar-refractivity contribution in [2.24, 2.45) is 0 Å². The van der Waals surface area contributed by atoms with E-state index in [0.29, 0.717) is 5.02 Å². The highest BCUT2D eigenvalue weighted by atomic mass is 35.5. The van der Waals surface area contributed by atoms with Crippen LogP contribution in [0.5, 0.6) is 0 Å². The van der Waals surface area contributed by atoms with Gasteiger partial charge in [-0.1, -0.05) is 29.8 Å². The highest BCUT2D eigenvalue weighted by molar-refractivity contribution is 6.31. The van der Waals surface area contributed by atoms with E-state index in [-0.39, 0.29) is 5.91 Å². The Kier molecular flexibility index (Phi) is 3.47. The van der Waals surface area contributed by atoms with E-state index in [2.05, 4.69) is 10.6 Å². The molecule has 3 rings (SSSR count). The van der Waals surface area contributed by atoms with Crippen molar-refractivity contribution in [1.29, 1.82) is 0 Å². The van der Waals surface area contributed by atoms with Gasteiger partial charge in [-0.15, -0.1) is 0 Å². The topological polar surface area (TPSA) is 44.4 Å². The molecule has 0 aromatic heterocycles. The number of carbonyl (C=O) groups excluding carboxylic acids is 1. The number of hydrogen-bond donors (Lipinski definition) is 2. The summed E-state index contributed by atoms with van der Waals surface area (Å²) in [7, 11) is 3.91. The van der Waals surface area contributed by atoms with Crippen molar-refractivity contribution in [1.82, 2.24) is 0 Å². The molecule has 2 aromatic rings. The fourth-order valence-electron chi connectivity index (χ4n) is 2.52. The first-order valence-corrected chi connectivity index (χ1v) is 7.07. The van der Waals surface area contributed by atoms with Crippen molar-refractivity contribution in [3.8, 4) is 0 Å². The Morgan fingerprint density at radius 3 is 2.71 bits per heavy atom. The van der Waals surface area contributed by atoms with Crippen molar-refractivity contribution in [3.63, 3.8) is 0 Å². The van der Waals surface area contributed by atoms with Gasteiger partial charge in [-0.05, 0) is 24.3 Å². The molecule has 1 amide bonds. The molecule has 2 aromatic carbocycles. The lowest BCUT2D eigenvalue weighted by atomic mass is 10.1. The molecule has 0 aliphatic carbocycles. The van der Waals surface area contributed by atoms with Crippen LogP contribution in [-0.2, 0) is 4.79 Å². The van der Waals surface area contributed by atoms with Crippen molar-refractivity contribution in [3.05, 3.63) is 53.1 Å². The zero-order valence-corrected chi connectivity index (χ0v) is 12.6. The lowest BCUT2D eigenvalue weighted by molar-refractivity contribution is -0.116. The molecule has 4 nitrogen and oxygen atoms in total. The fourth-order valence-corrected chi connectivity index (χ4v) is 2.69. The van der Waals surface area contributed by atoms with Gasteiger partial charge in [0, 0.05) is 30.4 Å². The summed E-state index contributed by atoms with van der Waals surface area (Å²) in [5, 5.41) is 6.82. The first kappa shape index (κ1) is 13.8. The molecular formula is C16H16ClN3O. The van der Waals surface area contributed by atoms with Crippen molar-refractivity contribution < 1.29 is 4.79 Å². The van der Waals surface area contributed by atoms with E-state index in [9.17, 15) is 4.79 Å². The zero-order valence-electron chi connectivity index (χ0n) is 11.9. The molecular weight excluding hydrogens is 286 g/mol. The van der Waals surface area contributed by atoms with E-state index < -0.39 is 6.04 Å². The van der Waals surface area contributed by atoms with Crippen LogP contribution in [0, 0.1) is 0 Å². The van der Waals surface area contributed by atoms with Gasteiger partial charge >= 0.3 is 0 Å². The van der Waals surface area contributed by atoms with Gasteiger partial charge in [0.2, 0.25) is 0 Å². The zero-order chi connectivity index (χ0) is 15.0. The third-order valence-corrected chi connectivity index (χ3v) is 3.77. The second kappa shape index (κ2) is 5.30. The maximum absolute atomic E-state index is 12.2. The third-order valence-electron chi connectivity index (χ3n) is 3.53. The summed E-state index contributed by atoms with van der Waals surface area (Å²) < 4.78 is 0. The van der Waals surface area contributed by atoms with Crippen molar-refractivity contribution in [2.45, 2.75) is 6.04 Å². The van der Waals surface area contributed by atoms with Crippen LogP contribution in [0.1, 0.15) is 11.6 Å². The number of nitrogens with one attached hydrogen (secondary N) is 2. The van der Waals surface area contributed by atoms with Gasteiger partial charge in [0.1, 0.15) is 6.04 Å². The molecule has 0 saturated heterocycles. The molecule has 0 spiro atoms. The highest BCUT2D eigenvalue weighted by Gasteiger charge is 2.30. The van der Waals surface area contributed by atoms with Gasteiger partial charge in [0.15, 0.2) is 0 Å². The molecule has 1 aliphatic heterocycles. The van der Waals surface area contributed by atoms with Gasteiger partial charge in [-0.3, -0.25) is 4.79 Å². The fraction of sp³-hybridized carbons (Fsp3) is 0.188. The average molecular weight is 302 g/mol. The van der Waals surface area contributed by atoms with Crippen LogP contribution in [-0.4, -0.2) is 20.0 Å². The summed E-state index contributed by atoms with van der Waals surface area (Å²) >= 11 is 6.08. The summed E-state index contributed by atoms with van der Waals surface area (Å²) in [6, 6.07) is 12.9. The molecule has 1 heterocycles. The Morgan fingerprint density at radius 2 is 1.95 bits per heavy atom. The standard InChI is InChI=1S/C16H16ClN3O/c1-20(2)14-8-7-10(17)9-13(14)18-15-11-5-3-4-6-12(11)19-16(15)21/h3-9,15,18H,1-2H3,(H,19,21). The maximum atomic E-state index is 12.2. The minimum atomic E-state index is -0.404. The smallest absolute Gasteiger partial charge is 0.251 e. The van der Waals surface area contributed by atoms with Crippen LogP contribution in [0.4, 0.5) is 17.1 Å². The van der Waals surface area contributed by atoms with E-state index in [4.69, 9.17) is 11.6 Å². The van der Waals surface area contributed by atoms with Crippen LogP contribution in [0.2, 0.25) is 5.02 Å². The Balaban J connectivity index is 1.97. The van der Waals surface area contributed by atoms with Gasteiger partial charge in [-0.2, -0.15) is 0 Å². The Labute approximate surface area is 128 Å². The maximum Gasteiger partial charge on any atom is 0.251 e. The van der Waals surface area contributed by atoms with Gasteiger partial charge in [0.25, 0.3) is 5.91 Å². The van der Waals surface area contributed by atoms with Gasteiger partial charge in [-0.25, -0.2) is 0 Å². The van der Waals surface area contributed by atoms with Crippen molar-refractivity contribution >= 4 is 34.6 Å². The molecule has 2 N–H and O–H groups in total. The van der Waals surface area contributed by atoms with Crippen LogP contribution in [0.25, 0.3) is 0 Å². The first-order valence-electron chi connectivity index (χ1n) is 6.69. The monoisotopic (exact) mass is 301 g/mol. The van der Waals surface area contributed by atoms with E-state index in [1.54, 1.807) is 0 Å². The number of anilines is 3. The predicted molar refractivity (Wildman–Crippen MR) is 87.2 cm³/mol. The number of halogens is 1. The number of amides is 1. The lowest BCUT2D eigenvalue weighted by Gasteiger charge is -2.21. The first-order chi connectivity index (χ1) is 10.1. The average Bonchev–Trinajstić information content (AvgIpc) is 2.75. The van der Waals surface area contributed by atoms with Gasteiger partial charge < -0.3 is 15.5 Å². The Hall–Kier alpha value is -2.20. The van der Waals surface area contributed by atoms with E-state index in [0.717, 1.165) is 22.6 Å². The normalized spacial score (nSPS) is 16.3. The van der Waals surface area contributed by atoms with E-state index in [1.807, 2.05) is 61.5 Å². The second-order valence-corrected chi connectivity index (χ2v) is 5.65. The minimum Gasteiger partial charge on any atom is -0.376 e. The van der Waals surface area contributed by atoms with Crippen molar-refractivity contribution in [2.75, 3.05) is 29.6 Å². The summed E-state index contributed by atoms with van der Waals surface area (Å²) in [4.78, 5) is 14.2. The van der Waals surface area contributed by atoms with E-state index in [1.165, 1.54) is 0 Å². The number of nitrogens with zero attached hydrogens (tertiary/aromatic N) is 1. The van der Waals surface area contributed by atoms with Crippen LogP contribution >= 0.6 is 11.6 Å².